The Morgan fingerprint density at radius 1 is 1.47 bits per heavy atom. The molecule has 0 aromatic carbocycles. The molecule has 15 heavy (non-hydrogen) atoms. The molecule has 2 unspecified atom stereocenters. The molecule has 1 amide bonds. The second-order valence-corrected chi connectivity index (χ2v) is 3.96. The van der Waals surface area contributed by atoms with Crippen molar-refractivity contribution in [3.05, 3.63) is 0 Å². The maximum absolute atomic E-state index is 11.4. The molecule has 0 aliphatic heterocycles. The Hall–Kier alpha value is -0.320. The lowest BCUT2D eigenvalue weighted by atomic mass is 9.92. The largest absolute Gasteiger partial charge is 0.379 e. The van der Waals surface area contributed by atoms with Crippen LogP contribution in [0.5, 0.6) is 0 Å². The number of carbonyl (C=O) groups is 1. The Morgan fingerprint density at radius 2 is 2.07 bits per heavy atom. The van der Waals surface area contributed by atoms with E-state index in [-0.39, 0.29) is 30.5 Å². The molecule has 0 radical (unpaired) electrons. The Labute approximate surface area is 97.3 Å². The van der Waals surface area contributed by atoms with Crippen LogP contribution in [0.4, 0.5) is 0 Å². The Kier molecular flexibility index (Phi) is 6.89. The normalized spacial score (nSPS) is 27.7. The van der Waals surface area contributed by atoms with E-state index < -0.39 is 6.04 Å². The minimum absolute atomic E-state index is 0. The molecule has 0 heterocycles. The van der Waals surface area contributed by atoms with Crippen LogP contribution in [0, 0.1) is 0 Å². The van der Waals surface area contributed by atoms with Gasteiger partial charge in [-0.3, -0.25) is 4.79 Å². The highest BCUT2D eigenvalue weighted by molar-refractivity contribution is 5.85. The van der Waals surface area contributed by atoms with Gasteiger partial charge in [-0.2, -0.15) is 0 Å². The molecule has 0 aromatic rings. The molecular weight excluding hydrogens is 216 g/mol. The van der Waals surface area contributed by atoms with Crippen molar-refractivity contribution in [2.24, 2.45) is 5.73 Å². The fraction of sp³-hybridized carbons (Fsp3) is 0.900. The van der Waals surface area contributed by atoms with Crippen molar-refractivity contribution in [1.82, 2.24) is 5.32 Å². The summed E-state index contributed by atoms with van der Waals surface area (Å²) in [4.78, 5) is 11.4. The van der Waals surface area contributed by atoms with Gasteiger partial charge in [0.1, 0.15) is 0 Å². The molecule has 1 aliphatic rings. The quantitative estimate of drug-likeness (QED) is 0.763. The lowest BCUT2D eigenvalue weighted by Gasteiger charge is -2.31. The second kappa shape index (κ2) is 7.04. The molecule has 1 saturated carbocycles. The van der Waals surface area contributed by atoms with Crippen molar-refractivity contribution in [3.8, 4) is 0 Å². The summed E-state index contributed by atoms with van der Waals surface area (Å²) in [7, 11) is 1.70. The number of ether oxygens (including phenoxy) is 1. The van der Waals surface area contributed by atoms with E-state index in [2.05, 4.69) is 5.32 Å². The monoisotopic (exact) mass is 236 g/mol. The van der Waals surface area contributed by atoms with E-state index in [0.29, 0.717) is 0 Å². The highest BCUT2D eigenvalue weighted by Crippen LogP contribution is 2.20. The van der Waals surface area contributed by atoms with E-state index in [9.17, 15) is 4.79 Å². The van der Waals surface area contributed by atoms with Crippen LogP contribution in [-0.4, -0.2) is 31.2 Å². The highest BCUT2D eigenvalue weighted by atomic mass is 35.5. The first-order chi connectivity index (χ1) is 6.65. The van der Waals surface area contributed by atoms with Gasteiger partial charge in [-0.1, -0.05) is 12.8 Å². The smallest absolute Gasteiger partial charge is 0.236 e. The first kappa shape index (κ1) is 14.7. The molecular formula is C10H21ClN2O2. The first-order valence-electron chi connectivity index (χ1n) is 5.24. The third-order valence-electron chi connectivity index (χ3n) is 2.75. The summed E-state index contributed by atoms with van der Waals surface area (Å²) in [5.41, 5.74) is 5.49. The number of rotatable bonds is 3. The van der Waals surface area contributed by atoms with Crippen LogP contribution in [0.2, 0.25) is 0 Å². The number of hydrogen-bond acceptors (Lipinski definition) is 3. The standard InChI is InChI=1S/C10H20N2O2.ClH/c1-7(11)10(13)12-8-5-3-4-6-9(8)14-2;/h7-9H,3-6,11H2,1-2H3,(H,12,13);1H/t7-,8?,9?;/m1./s1. The minimum atomic E-state index is -0.436. The summed E-state index contributed by atoms with van der Waals surface area (Å²) in [5.74, 6) is -0.0843. The zero-order chi connectivity index (χ0) is 10.6. The maximum Gasteiger partial charge on any atom is 0.236 e. The Morgan fingerprint density at radius 3 is 2.60 bits per heavy atom. The van der Waals surface area contributed by atoms with Gasteiger partial charge in [-0.25, -0.2) is 0 Å². The Bertz CT molecular complexity index is 200. The Balaban J connectivity index is 0.00000196. The fourth-order valence-corrected chi connectivity index (χ4v) is 1.86. The van der Waals surface area contributed by atoms with E-state index in [1.165, 1.54) is 6.42 Å². The number of nitrogens with two attached hydrogens (primary N) is 1. The highest BCUT2D eigenvalue weighted by Gasteiger charge is 2.26. The first-order valence-corrected chi connectivity index (χ1v) is 5.24. The molecule has 3 atom stereocenters. The topological polar surface area (TPSA) is 64.3 Å². The van der Waals surface area contributed by atoms with E-state index >= 15 is 0 Å². The lowest BCUT2D eigenvalue weighted by molar-refractivity contribution is -0.124. The van der Waals surface area contributed by atoms with Crippen molar-refractivity contribution < 1.29 is 9.53 Å². The molecule has 90 valence electrons. The maximum atomic E-state index is 11.4. The van der Waals surface area contributed by atoms with Gasteiger partial charge in [0.2, 0.25) is 5.91 Å². The predicted octanol–water partition coefficient (Wildman–Crippen LogP) is 0.829. The molecule has 3 N–H and O–H groups in total. The van der Waals surface area contributed by atoms with Crippen LogP contribution >= 0.6 is 12.4 Å². The van der Waals surface area contributed by atoms with E-state index in [4.69, 9.17) is 10.5 Å². The fourth-order valence-electron chi connectivity index (χ4n) is 1.86. The van der Waals surface area contributed by atoms with Crippen LogP contribution in [0.1, 0.15) is 32.6 Å². The summed E-state index contributed by atoms with van der Waals surface area (Å²) in [6.07, 6.45) is 4.52. The predicted molar refractivity (Wildman–Crippen MR) is 62.1 cm³/mol. The summed E-state index contributed by atoms with van der Waals surface area (Å²) in [6, 6.07) is -0.290. The van der Waals surface area contributed by atoms with Crippen LogP contribution in [0.25, 0.3) is 0 Å². The summed E-state index contributed by atoms with van der Waals surface area (Å²) >= 11 is 0. The number of carbonyl (C=O) groups excluding carboxylic acids is 1. The molecule has 0 aromatic heterocycles. The van der Waals surface area contributed by atoms with Crippen molar-refractivity contribution in [1.29, 1.82) is 0 Å². The molecule has 5 heteroatoms. The van der Waals surface area contributed by atoms with Gasteiger partial charge in [0, 0.05) is 7.11 Å². The lowest BCUT2D eigenvalue weighted by Crippen LogP contribution is -2.50. The van der Waals surface area contributed by atoms with Crippen LogP contribution in [0.15, 0.2) is 0 Å². The van der Waals surface area contributed by atoms with Gasteiger partial charge in [-0.05, 0) is 19.8 Å². The summed E-state index contributed by atoms with van der Waals surface area (Å²) in [6.45, 7) is 1.69. The number of amides is 1. The minimum Gasteiger partial charge on any atom is -0.379 e. The molecule has 1 aliphatic carbocycles. The van der Waals surface area contributed by atoms with Gasteiger partial charge >= 0.3 is 0 Å². The molecule has 4 nitrogen and oxygen atoms in total. The van der Waals surface area contributed by atoms with E-state index in [1.54, 1.807) is 14.0 Å². The molecule has 1 rings (SSSR count). The molecule has 0 bridgehead atoms. The third-order valence-corrected chi connectivity index (χ3v) is 2.75. The van der Waals surface area contributed by atoms with E-state index in [1.807, 2.05) is 0 Å². The van der Waals surface area contributed by atoms with Crippen LogP contribution in [-0.2, 0) is 9.53 Å². The van der Waals surface area contributed by atoms with Crippen molar-refractivity contribution >= 4 is 18.3 Å². The van der Waals surface area contributed by atoms with Gasteiger partial charge in [0.05, 0.1) is 18.2 Å². The van der Waals surface area contributed by atoms with Gasteiger partial charge in [0.25, 0.3) is 0 Å². The third kappa shape index (κ3) is 4.36. The summed E-state index contributed by atoms with van der Waals surface area (Å²) < 4.78 is 5.33. The number of hydrogen-bond donors (Lipinski definition) is 2. The molecule has 1 fully saturated rings. The average molecular weight is 237 g/mol. The van der Waals surface area contributed by atoms with Gasteiger partial charge < -0.3 is 15.8 Å². The van der Waals surface area contributed by atoms with Crippen molar-refractivity contribution in [2.45, 2.75) is 50.8 Å². The number of nitrogens with one attached hydrogen (secondary N) is 1. The molecule has 0 spiro atoms. The zero-order valence-corrected chi connectivity index (χ0v) is 10.2. The second-order valence-electron chi connectivity index (χ2n) is 3.96. The molecule has 0 saturated heterocycles. The van der Waals surface area contributed by atoms with Gasteiger partial charge in [0.15, 0.2) is 0 Å². The van der Waals surface area contributed by atoms with Crippen molar-refractivity contribution in [3.63, 3.8) is 0 Å². The van der Waals surface area contributed by atoms with Crippen molar-refractivity contribution in [2.75, 3.05) is 7.11 Å². The number of methoxy groups -OCH3 is 1. The van der Waals surface area contributed by atoms with Crippen LogP contribution in [0.3, 0.4) is 0 Å². The number of halogens is 1. The SMILES string of the molecule is COC1CCCCC1NC(=O)[C@@H](C)N.Cl. The summed E-state index contributed by atoms with van der Waals surface area (Å²) in [5, 5.41) is 2.93. The average Bonchev–Trinajstić information content (AvgIpc) is 2.18. The zero-order valence-electron chi connectivity index (χ0n) is 9.36. The van der Waals surface area contributed by atoms with Gasteiger partial charge in [-0.15, -0.1) is 12.4 Å². The van der Waals surface area contributed by atoms with Crippen LogP contribution < -0.4 is 11.1 Å². The van der Waals surface area contributed by atoms with E-state index in [0.717, 1.165) is 19.3 Å².